The fraction of sp³-hybridized carbons (Fsp3) is 0.353. The molecule has 0 saturated carbocycles. The number of oxime groups is 1. The van der Waals surface area contributed by atoms with Gasteiger partial charge >= 0.3 is 5.97 Å². The molecule has 0 saturated heterocycles. The number of halogens is 2. The first-order chi connectivity index (χ1) is 12.5. The van der Waals surface area contributed by atoms with Gasteiger partial charge in [-0.3, -0.25) is 4.79 Å². The molecule has 2 aromatic rings. The fourth-order valence-electron chi connectivity index (χ4n) is 2.46. The Morgan fingerprint density at radius 3 is 2.77 bits per heavy atom. The van der Waals surface area contributed by atoms with E-state index in [9.17, 15) is 4.79 Å². The minimum atomic E-state index is -0.928. The van der Waals surface area contributed by atoms with Gasteiger partial charge in [-0.2, -0.15) is 0 Å². The first kappa shape index (κ1) is 20.7. The Morgan fingerprint density at radius 1 is 1.38 bits per heavy atom. The highest BCUT2D eigenvalue weighted by molar-refractivity contribution is 14.1. The van der Waals surface area contributed by atoms with Crippen molar-refractivity contribution >= 4 is 45.3 Å². The van der Waals surface area contributed by atoms with Crippen LogP contribution >= 0.6 is 34.2 Å². The van der Waals surface area contributed by atoms with E-state index in [4.69, 9.17) is 31.2 Å². The van der Waals surface area contributed by atoms with E-state index in [2.05, 4.69) is 10.3 Å². The average molecular weight is 493 g/mol. The zero-order valence-electron chi connectivity index (χ0n) is 13.8. The lowest BCUT2D eigenvalue weighted by Gasteiger charge is -2.12. The maximum atomic E-state index is 11.2. The molecule has 0 bridgehead atoms. The largest absolute Gasteiger partial charge is 0.481 e. The normalized spacial score (nSPS) is 12.9. The van der Waals surface area contributed by atoms with Gasteiger partial charge in [-0.15, -0.1) is 0 Å². The topological polar surface area (TPSA) is 105 Å². The molecule has 0 aliphatic carbocycles. The zero-order chi connectivity index (χ0) is 18.9. The lowest BCUT2D eigenvalue weighted by molar-refractivity contribution is -0.137. The second kappa shape index (κ2) is 10.5. The molecule has 2 rings (SSSR count). The van der Waals surface area contributed by atoms with E-state index < -0.39 is 5.97 Å². The summed E-state index contributed by atoms with van der Waals surface area (Å²) in [4.78, 5) is 11.2. The summed E-state index contributed by atoms with van der Waals surface area (Å²) in [5, 5.41) is 24.5. The van der Waals surface area contributed by atoms with Crippen molar-refractivity contribution in [1.82, 2.24) is 5.16 Å². The van der Waals surface area contributed by atoms with Crippen LogP contribution in [0.3, 0.4) is 0 Å². The highest BCUT2D eigenvalue weighted by Gasteiger charge is 2.26. The Bertz CT molecular complexity index is 751. The van der Waals surface area contributed by atoms with Crippen LogP contribution < -0.4 is 0 Å². The molecule has 0 spiro atoms. The number of carboxylic acid groups (broad SMARTS) is 1. The molecule has 1 atom stereocenters. The molecule has 1 aromatic heterocycles. The van der Waals surface area contributed by atoms with E-state index in [0.29, 0.717) is 35.3 Å². The first-order valence-corrected chi connectivity index (χ1v) is 9.35. The molecule has 1 aromatic carbocycles. The van der Waals surface area contributed by atoms with Crippen molar-refractivity contribution in [1.29, 1.82) is 0 Å². The zero-order valence-corrected chi connectivity index (χ0v) is 16.7. The van der Waals surface area contributed by atoms with Crippen molar-refractivity contribution in [2.75, 3.05) is 6.61 Å². The summed E-state index contributed by atoms with van der Waals surface area (Å²) in [5.74, 6) is -1.15. The third-order valence-corrected chi connectivity index (χ3v) is 4.98. The van der Waals surface area contributed by atoms with E-state index in [-0.39, 0.29) is 23.3 Å². The van der Waals surface area contributed by atoms with E-state index in [1.165, 1.54) is 0 Å². The molecule has 0 unspecified atom stereocenters. The molecular weight excluding hydrogens is 475 g/mol. The second-order valence-corrected chi connectivity index (χ2v) is 7.01. The number of hydrogen-bond donors (Lipinski definition) is 2. The van der Waals surface area contributed by atoms with Gasteiger partial charge in [0.25, 0.3) is 0 Å². The molecule has 9 heteroatoms. The first-order valence-electron chi connectivity index (χ1n) is 7.89. The molecular formula is C17H18ClIN2O5. The van der Waals surface area contributed by atoms with Gasteiger partial charge in [0.15, 0.2) is 0 Å². The lowest BCUT2D eigenvalue weighted by Crippen LogP contribution is -2.10. The summed E-state index contributed by atoms with van der Waals surface area (Å²) in [6, 6.07) is 9.82. The van der Waals surface area contributed by atoms with Gasteiger partial charge in [-0.1, -0.05) is 52.2 Å². The van der Waals surface area contributed by atoms with Gasteiger partial charge in [-0.05, 0) is 41.0 Å². The number of hydrogen-bond acceptors (Lipinski definition) is 6. The number of aromatic nitrogens is 1. The van der Waals surface area contributed by atoms with Crippen molar-refractivity contribution in [3.05, 3.63) is 50.9 Å². The summed E-state index contributed by atoms with van der Waals surface area (Å²) >= 11 is 7.70. The third kappa shape index (κ3) is 5.96. The van der Waals surface area contributed by atoms with Crippen LogP contribution in [0.5, 0.6) is 0 Å². The van der Waals surface area contributed by atoms with Crippen LogP contribution in [0.2, 0.25) is 0 Å². The summed E-state index contributed by atoms with van der Waals surface area (Å²) in [6.45, 7) is 1.02. The SMILES string of the molecule is O=C(O)C[C@H](CCCOCc1ccccc1)c1noc(/C(Cl)=N\O)c1I. The van der Waals surface area contributed by atoms with Crippen LogP contribution in [0.25, 0.3) is 0 Å². The van der Waals surface area contributed by atoms with Crippen LogP contribution in [0.4, 0.5) is 0 Å². The third-order valence-electron chi connectivity index (χ3n) is 3.70. The molecule has 7 nitrogen and oxygen atoms in total. The molecule has 0 amide bonds. The second-order valence-electron chi connectivity index (χ2n) is 5.58. The molecule has 0 aliphatic rings. The van der Waals surface area contributed by atoms with Gasteiger partial charge in [0.1, 0.15) is 5.69 Å². The van der Waals surface area contributed by atoms with Gasteiger partial charge in [0, 0.05) is 12.5 Å². The fourth-order valence-corrected chi connectivity index (χ4v) is 3.64. The Labute approximate surface area is 169 Å². The highest BCUT2D eigenvalue weighted by atomic mass is 127. The minimum Gasteiger partial charge on any atom is -0.481 e. The van der Waals surface area contributed by atoms with Crippen LogP contribution in [0.1, 0.15) is 42.2 Å². The molecule has 0 aliphatic heterocycles. The summed E-state index contributed by atoms with van der Waals surface area (Å²) < 4.78 is 11.3. The predicted molar refractivity (Wildman–Crippen MR) is 104 cm³/mol. The number of aliphatic carboxylic acids is 1. The van der Waals surface area contributed by atoms with Gasteiger partial charge in [-0.25, -0.2) is 0 Å². The van der Waals surface area contributed by atoms with Gasteiger partial charge in [0.05, 0.1) is 16.6 Å². The quantitative estimate of drug-likeness (QED) is 0.169. The van der Waals surface area contributed by atoms with Gasteiger partial charge in [0.2, 0.25) is 10.9 Å². The number of nitrogens with zero attached hydrogens (tertiary/aromatic N) is 2. The molecule has 2 N–H and O–H groups in total. The highest BCUT2D eigenvalue weighted by Crippen LogP contribution is 2.31. The van der Waals surface area contributed by atoms with Crippen LogP contribution in [0.15, 0.2) is 40.0 Å². The van der Waals surface area contributed by atoms with Crippen molar-refractivity contribution in [3.63, 3.8) is 0 Å². The van der Waals surface area contributed by atoms with Crippen LogP contribution in [0, 0.1) is 3.57 Å². The summed E-state index contributed by atoms with van der Waals surface area (Å²) in [7, 11) is 0. The monoisotopic (exact) mass is 492 g/mol. The predicted octanol–water partition coefficient (Wildman–Crippen LogP) is 4.21. The number of ether oxygens (including phenoxy) is 1. The number of carboxylic acids is 1. The average Bonchev–Trinajstić information content (AvgIpc) is 3.01. The van der Waals surface area contributed by atoms with Crippen LogP contribution in [-0.4, -0.2) is 33.2 Å². The van der Waals surface area contributed by atoms with Crippen molar-refractivity contribution in [3.8, 4) is 0 Å². The Balaban J connectivity index is 1.93. The Kier molecular flexibility index (Phi) is 8.33. The number of rotatable bonds is 10. The summed E-state index contributed by atoms with van der Waals surface area (Å²) in [5.41, 5.74) is 1.58. The van der Waals surface area contributed by atoms with Crippen molar-refractivity contribution in [2.45, 2.75) is 31.8 Å². The van der Waals surface area contributed by atoms with E-state index in [1.54, 1.807) is 0 Å². The van der Waals surface area contributed by atoms with Crippen molar-refractivity contribution in [2.24, 2.45) is 5.16 Å². The Morgan fingerprint density at radius 2 is 2.12 bits per heavy atom. The molecule has 1 heterocycles. The standard InChI is InChI=1S/C17H18ClIN2O5/c18-17(20-24)16-14(19)15(21-26-16)12(9-13(22)23)7-4-8-25-10-11-5-2-1-3-6-11/h1-3,5-6,12,24H,4,7-10H2,(H,22,23)/b20-17+/t12-/m0/s1. The van der Waals surface area contributed by atoms with Gasteiger partial charge < -0.3 is 19.6 Å². The molecule has 0 radical (unpaired) electrons. The minimum absolute atomic E-state index is 0.0887. The maximum Gasteiger partial charge on any atom is 0.304 e. The molecule has 26 heavy (non-hydrogen) atoms. The van der Waals surface area contributed by atoms with Crippen LogP contribution in [-0.2, 0) is 16.1 Å². The molecule has 0 fully saturated rings. The Hall–Kier alpha value is -1.65. The smallest absolute Gasteiger partial charge is 0.304 e. The molecule has 140 valence electrons. The van der Waals surface area contributed by atoms with E-state index in [0.717, 1.165) is 5.56 Å². The van der Waals surface area contributed by atoms with E-state index in [1.807, 2.05) is 52.9 Å². The number of carbonyl (C=O) groups is 1. The van der Waals surface area contributed by atoms with Crippen molar-refractivity contribution < 1.29 is 24.4 Å². The maximum absolute atomic E-state index is 11.2. The van der Waals surface area contributed by atoms with E-state index >= 15 is 0 Å². The summed E-state index contributed by atoms with van der Waals surface area (Å²) in [6.07, 6.45) is 1.15. The number of benzene rings is 1. The lowest BCUT2D eigenvalue weighted by atomic mass is 9.96.